The molecule has 0 atom stereocenters. The van der Waals surface area contributed by atoms with E-state index in [1.807, 2.05) is 18.2 Å². The molecule has 0 amide bonds. The minimum absolute atomic E-state index is 0.229. The first-order chi connectivity index (χ1) is 7.01. The molecule has 15 heavy (non-hydrogen) atoms. The lowest BCUT2D eigenvalue weighted by atomic mass is 10.2. The number of pyridine rings is 1. The van der Waals surface area contributed by atoms with Crippen molar-refractivity contribution < 1.29 is 13.0 Å². The highest BCUT2D eigenvalue weighted by molar-refractivity contribution is 7.85. The number of nitrogens with zero attached hydrogens (tertiary/aromatic N) is 1. The Balaban J connectivity index is 2.54. The first-order valence-electron chi connectivity index (χ1n) is 4.55. The Labute approximate surface area is 89.4 Å². The average Bonchev–Trinajstić information content (AvgIpc) is 2.16. The minimum atomic E-state index is -3.86. The van der Waals surface area contributed by atoms with Gasteiger partial charge in [0.2, 0.25) is 0 Å². The van der Waals surface area contributed by atoms with E-state index >= 15 is 0 Å². The van der Waals surface area contributed by atoms with Crippen molar-refractivity contribution in [3.8, 4) is 0 Å². The van der Waals surface area contributed by atoms with Crippen molar-refractivity contribution in [2.75, 3.05) is 5.75 Å². The van der Waals surface area contributed by atoms with E-state index in [-0.39, 0.29) is 5.75 Å². The third kappa shape index (κ3) is 4.71. The molecule has 4 nitrogen and oxygen atoms in total. The van der Waals surface area contributed by atoms with Gasteiger partial charge in [-0.05, 0) is 31.1 Å². The van der Waals surface area contributed by atoms with Crippen molar-refractivity contribution in [1.29, 1.82) is 0 Å². The lowest BCUT2D eigenvalue weighted by molar-refractivity contribution is 0.481. The van der Waals surface area contributed by atoms with Gasteiger partial charge in [0.05, 0.1) is 11.4 Å². The van der Waals surface area contributed by atoms with Gasteiger partial charge in [-0.15, -0.1) is 0 Å². The molecular formula is C10H13NO3S. The molecule has 0 saturated heterocycles. The third-order valence-electron chi connectivity index (χ3n) is 1.87. The van der Waals surface area contributed by atoms with Gasteiger partial charge in [-0.3, -0.25) is 9.54 Å². The molecule has 1 N–H and O–H groups in total. The van der Waals surface area contributed by atoms with Gasteiger partial charge >= 0.3 is 0 Å². The van der Waals surface area contributed by atoms with Crippen LogP contribution in [0.3, 0.4) is 0 Å². The van der Waals surface area contributed by atoms with Crippen LogP contribution in [0.4, 0.5) is 0 Å². The number of hydrogen-bond acceptors (Lipinski definition) is 3. The summed E-state index contributed by atoms with van der Waals surface area (Å²) in [6.07, 6.45) is 2.53. The first-order valence-corrected chi connectivity index (χ1v) is 6.16. The fourth-order valence-electron chi connectivity index (χ4n) is 1.19. The Morgan fingerprint density at radius 3 is 2.80 bits per heavy atom. The van der Waals surface area contributed by atoms with Crippen molar-refractivity contribution in [2.45, 2.75) is 12.8 Å². The molecule has 82 valence electrons. The van der Waals surface area contributed by atoms with E-state index in [0.717, 1.165) is 11.4 Å². The summed E-state index contributed by atoms with van der Waals surface area (Å²) in [6.45, 7) is 3.59. The maximum absolute atomic E-state index is 10.5. The quantitative estimate of drug-likeness (QED) is 0.775. The molecule has 0 bridgehead atoms. The van der Waals surface area contributed by atoms with Gasteiger partial charge in [-0.1, -0.05) is 12.6 Å². The second kappa shape index (κ2) is 5.04. The molecule has 0 radical (unpaired) electrons. The van der Waals surface area contributed by atoms with Gasteiger partial charge in [0.25, 0.3) is 10.1 Å². The van der Waals surface area contributed by atoms with Gasteiger partial charge in [0.1, 0.15) is 0 Å². The van der Waals surface area contributed by atoms with E-state index in [0.29, 0.717) is 12.8 Å². The highest BCUT2D eigenvalue weighted by atomic mass is 32.2. The van der Waals surface area contributed by atoms with Crippen molar-refractivity contribution in [1.82, 2.24) is 4.98 Å². The molecule has 0 aromatic carbocycles. The number of aromatic nitrogens is 1. The molecule has 0 aliphatic rings. The van der Waals surface area contributed by atoms with E-state index in [1.165, 1.54) is 0 Å². The fraction of sp³-hybridized carbons (Fsp3) is 0.300. The molecule has 0 aliphatic heterocycles. The van der Waals surface area contributed by atoms with Crippen LogP contribution in [0.15, 0.2) is 24.8 Å². The maximum Gasteiger partial charge on any atom is 0.264 e. The van der Waals surface area contributed by atoms with Crippen LogP contribution in [0.5, 0.6) is 0 Å². The Bertz CT molecular complexity index is 440. The topological polar surface area (TPSA) is 67.3 Å². The summed E-state index contributed by atoms with van der Waals surface area (Å²) >= 11 is 0. The number of aryl methyl sites for hydroxylation is 1. The zero-order valence-corrected chi connectivity index (χ0v) is 9.07. The Morgan fingerprint density at radius 1 is 1.47 bits per heavy atom. The summed E-state index contributed by atoms with van der Waals surface area (Å²) in [5, 5.41) is 0. The molecule has 1 aromatic heterocycles. The van der Waals surface area contributed by atoms with Crippen LogP contribution in [0, 0.1) is 0 Å². The summed E-state index contributed by atoms with van der Waals surface area (Å²) in [5.74, 6) is -0.229. The van der Waals surface area contributed by atoms with Crippen LogP contribution in [-0.4, -0.2) is 23.7 Å². The predicted octanol–water partition coefficient (Wildman–Crippen LogP) is 1.54. The van der Waals surface area contributed by atoms with Gasteiger partial charge in [-0.25, -0.2) is 0 Å². The summed E-state index contributed by atoms with van der Waals surface area (Å²) in [6, 6.07) is 5.48. The summed E-state index contributed by atoms with van der Waals surface area (Å²) in [5.41, 5.74) is 1.57. The largest absolute Gasteiger partial charge is 0.286 e. The van der Waals surface area contributed by atoms with Gasteiger partial charge in [0, 0.05) is 5.69 Å². The predicted molar refractivity (Wildman–Crippen MR) is 59.1 cm³/mol. The van der Waals surface area contributed by atoms with Crippen molar-refractivity contribution in [2.24, 2.45) is 0 Å². The second-order valence-corrected chi connectivity index (χ2v) is 4.72. The first kappa shape index (κ1) is 11.9. The molecular weight excluding hydrogens is 214 g/mol. The third-order valence-corrected chi connectivity index (χ3v) is 2.68. The van der Waals surface area contributed by atoms with Gasteiger partial charge in [0.15, 0.2) is 0 Å². The smallest absolute Gasteiger partial charge is 0.264 e. The molecule has 1 rings (SSSR count). The van der Waals surface area contributed by atoms with Crippen molar-refractivity contribution in [3.63, 3.8) is 0 Å². The van der Waals surface area contributed by atoms with E-state index in [2.05, 4.69) is 11.6 Å². The van der Waals surface area contributed by atoms with E-state index < -0.39 is 10.1 Å². The van der Waals surface area contributed by atoms with E-state index in [1.54, 1.807) is 6.08 Å². The highest BCUT2D eigenvalue weighted by Gasteiger charge is 2.04. The maximum atomic E-state index is 10.5. The van der Waals surface area contributed by atoms with Crippen molar-refractivity contribution >= 4 is 16.2 Å². The normalized spacial score (nSPS) is 11.3. The summed E-state index contributed by atoms with van der Waals surface area (Å²) in [4.78, 5) is 4.22. The zero-order valence-electron chi connectivity index (χ0n) is 8.26. The Kier molecular flexibility index (Phi) is 3.99. The van der Waals surface area contributed by atoms with Crippen molar-refractivity contribution in [3.05, 3.63) is 36.2 Å². The molecule has 0 fully saturated rings. The number of rotatable bonds is 5. The standard InChI is InChI=1S/C10H13NO3S/c1-2-9-5-3-6-10(11-9)7-4-8-15(12,13)14/h2-3,5-6H,1,4,7-8H2,(H,12,13,14). The summed E-state index contributed by atoms with van der Waals surface area (Å²) < 4.78 is 29.5. The van der Waals surface area contributed by atoms with Gasteiger partial charge in [-0.2, -0.15) is 8.42 Å². The molecule has 1 aromatic rings. The number of hydrogen-bond donors (Lipinski definition) is 1. The van der Waals surface area contributed by atoms with Crippen LogP contribution >= 0.6 is 0 Å². The van der Waals surface area contributed by atoms with Crippen LogP contribution in [0.2, 0.25) is 0 Å². The van der Waals surface area contributed by atoms with E-state index in [9.17, 15) is 8.42 Å². The Hall–Kier alpha value is -1.20. The van der Waals surface area contributed by atoms with Crippen LogP contribution in [-0.2, 0) is 16.5 Å². The molecule has 1 heterocycles. The Morgan fingerprint density at radius 2 is 2.20 bits per heavy atom. The molecule has 0 aliphatic carbocycles. The minimum Gasteiger partial charge on any atom is -0.286 e. The monoisotopic (exact) mass is 227 g/mol. The van der Waals surface area contributed by atoms with Crippen LogP contribution in [0.25, 0.3) is 6.08 Å². The lowest BCUT2D eigenvalue weighted by Crippen LogP contribution is -2.05. The molecule has 0 spiro atoms. The second-order valence-electron chi connectivity index (χ2n) is 3.15. The average molecular weight is 227 g/mol. The van der Waals surface area contributed by atoms with Gasteiger partial charge < -0.3 is 0 Å². The lowest BCUT2D eigenvalue weighted by Gasteiger charge is -2.00. The fourth-order valence-corrected chi connectivity index (χ4v) is 1.70. The molecule has 0 saturated carbocycles. The molecule has 5 heteroatoms. The molecule has 0 unspecified atom stereocenters. The summed E-state index contributed by atoms with van der Waals surface area (Å²) in [7, 11) is -3.86. The van der Waals surface area contributed by atoms with Crippen LogP contribution < -0.4 is 0 Å². The zero-order chi connectivity index (χ0) is 11.3. The van der Waals surface area contributed by atoms with Crippen LogP contribution in [0.1, 0.15) is 17.8 Å². The highest BCUT2D eigenvalue weighted by Crippen LogP contribution is 2.04. The van der Waals surface area contributed by atoms with E-state index in [4.69, 9.17) is 4.55 Å². The SMILES string of the molecule is C=Cc1cccc(CCCS(=O)(=O)O)n1.